The number of furan rings is 2. The van der Waals surface area contributed by atoms with Crippen LogP contribution in [0.4, 0.5) is 34.1 Å². The van der Waals surface area contributed by atoms with Crippen LogP contribution in [0.25, 0.3) is 132 Å². The molecule has 0 bridgehead atoms. The lowest BCUT2D eigenvalue weighted by Gasteiger charge is -2.44. The predicted octanol–water partition coefficient (Wildman–Crippen LogP) is 32.4. The maximum Gasteiger partial charge on any atom is 0.252 e. The smallest absolute Gasteiger partial charge is 0.252 e. The molecule has 2 aliphatic heterocycles. The lowest BCUT2D eigenvalue weighted by atomic mass is 9.33. The molecule has 6 heterocycles. The molecule has 0 saturated carbocycles. The van der Waals surface area contributed by atoms with Gasteiger partial charge in [0.2, 0.25) is 0 Å². The standard InChI is InChI=1S/C120H123BN4O2/c1-112(2,3)76-44-40-70(41-45-76)71-43-51-99-94(60-71)121-93-50-42-72(73-56-81(117(16,17)18)64-82(57-73)118(19,20)21)61-104(93)125(103-39-31-35-88-86-33-29-37-101(109(86)127-111(88)103)123-97-54-48-79(115(10,11)12)68-91(97)92-69-80(116(13,14)15)49-55-98(92)123)106-63-75(74-58-83(119(22,23)24)65-84(59-74)120(25,26)27)62-105(107(106)121)124(99)102-38-30-34-87-85-32-28-36-100(108(85)126-110(87)102)122-95-52-46-77(113(4,5)6)66-89(95)90-67-78(114(7,8)9)47-53-96(90)122/h28-69H,1-27H3. The van der Waals surface area contributed by atoms with Gasteiger partial charge in [-0.05, 0) is 246 Å². The fourth-order valence-corrected chi connectivity index (χ4v) is 20.2. The Hall–Kier alpha value is -12.1. The molecule has 7 heteroatoms. The molecule has 20 rings (SSSR count). The van der Waals surface area contributed by atoms with Gasteiger partial charge in [-0.15, -0.1) is 0 Å². The van der Waals surface area contributed by atoms with Crippen LogP contribution in [-0.2, 0) is 48.7 Å². The van der Waals surface area contributed by atoms with Crippen molar-refractivity contribution in [1.29, 1.82) is 0 Å². The van der Waals surface area contributed by atoms with Crippen molar-refractivity contribution >= 4 is 145 Å². The first-order chi connectivity index (χ1) is 59.6. The summed E-state index contributed by atoms with van der Waals surface area (Å²) in [6, 6.07) is 100.0. The first-order valence-electron chi connectivity index (χ1n) is 46.2. The Kier molecular flexibility index (Phi) is 18.5. The van der Waals surface area contributed by atoms with Gasteiger partial charge in [-0.25, -0.2) is 0 Å². The summed E-state index contributed by atoms with van der Waals surface area (Å²) in [6.45, 7) is 62.8. The molecule has 0 aliphatic carbocycles. The van der Waals surface area contributed by atoms with Crippen LogP contribution in [0.15, 0.2) is 264 Å². The summed E-state index contributed by atoms with van der Waals surface area (Å²) in [5.41, 5.74) is 37.4. The van der Waals surface area contributed by atoms with E-state index >= 15 is 0 Å². The average Bonchev–Trinajstić information content (AvgIpc) is 1.40. The Morgan fingerprint density at radius 3 is 0.827 bits per heavy atom. The normalized spacial score (nSPS) is 13.9. The van der Waals surface area contributed by atoms with E-state index in [4.69, 9.17) is 8.83 Å². The van der Waals surface area contributed by atoms with Crippen molar-refractivity contribution in [3.05, 3.63) is 305 Å². The van der Waals surface area contributed by atoms with E-state index < -0.39 is 0 Å². The van der Waals surface area contributed by atoms with Crippen LogP contribution in [0.3, 0.4) is 0 Å². The van der Waals surface area contributed by atoms with Gasteiger partial charge in [0.05, 0.1) is 44.8 Å². The van der Waals surface area contributed by atoms with Gasteiger partial charge in [0, 0.05) is 65.8 Å². The third kappa shape index (κ3) is 13.8. The summed E-state index contributed by atoms with van der Waals surface area (Å²) in [6.07, 6.45) is 0. The Balaban J connectivity index is 0.912. The van der Waals surface area contributed by atoms with Gasteiger partial charge < -0.3 is 27.8 Å². The van der Waals surface area contributed by atoms with Crippen molar-refractivity contribution in [2.45, 2.75) is 236 Å². The van der Waals surface area contributed by atoms with E-state index in [2.05, 4.69) is 461 Å². The molecule has 638 valence electrons. The zero-order valence-corrected chi connectivity index (χ0v) is 79.9. The first kappa shape index (κ1) is 83.2. The van der Waals surface area contributed by atoms with Crippen molar-refractivity contribution in [3.8, 4) is 44.8 Å². The number of aromatic nitrogens is 2. The maximum atomic E-state index is 8.07. The molecule has 0 amide bonds. The monoisotopic (exact) mass is 1660 g/mol. The second kappa shape index (κ2) is 28.2. The first-order valence-corrected chi connectivity index (χ1v) is 46.2. The minimum absolute atomic E-state index is 0.0296. The zero-order valence-electron chi connectivity index (χ0n) is 79.9. The molecule has 2 aliphatic rings. The number of benzene rings is 14. The summed E-state index contributed by atoms with van der Waals surface area (Å²) < 4.78 is 21.0. The van der Waals surface area contributed by atoms with Gasteiger partial charge in [-0.1, -0.05) is 345 Å². The van der Waals surface area contributed by atoms with E-state index in [0.717, 1.165) is 134 Å². The van der Waals surface area contributed by atoms with Crippen LogP contribution in [0.1, 0.15) is 237 Å². The number of hydrogen-bond donors (Lipinski definition) is 0. The van der Waals surface area contributed by atoms with Gasteiger partial charge in [0.1, 0.15) is 0 Å². The summed E-state index contributed by atoms with van der Waals surface area (Å²) in [4.78, 5) is 5.23. The van der Waals surface area contributed by atoms with E-state index in [1.807, 2.05) is 0 Å². The Morgan fingerprint density at radius 2 is 0.472 bits per heavy atom. The second-order valence-electron chi connectivity index (χ2n) is 46.4. The quantitative estimate of drug-likeness (QED) is 0.149. The van der Waals surface area contributed by atoms with E-state index in [9.17, 15) is 0 Å². The van der Waals surface area contributed by atoms with Crippen LogP contribution in [0, 0.1) is 0 Å². The van der Waals surface area contributed by atoms with Gasteiger partial charge in [0.15, 0.2) is 22.3 Å². The molecule has 0 atom stereocenters. The molecule has 0 N–H and O–H groups in total. The fourth-order valence-electron chi connectivity index (χ4n) is 20.2. The SMILES string of the molecule is CC(C)(C)c1ccc(-c2ccc3c(c2)B2c4ccc(-c5cc(C(C)(C)C)cc(C(C)(C)C)c5)cc4N(c4cccc5c4oc4c(-n6c7ccc(C(C)(C)C)cc7c7cc(C(C)(C)C)ccc76)cccc45)c4cc(-c5cc(C(C)(C)C)cc(C(C)(C)C)c5)cc(c42)N3c2cccc3c2oc2c(-n4c5ccc(C(C)(C)C)cc5c5cc(C(C)(C)C)ccc54)cccc23)cc1. The topological polar surface area (TPSA) is 42.6 Å². The minimum atomic E-state index is -0.291. The molecule has 0 radical (unpaired) electrons. The van der Waals surface area contributed by atoms with E-state index in [1.165, 1.54) is 99.1 Å². The van der Waals surface area contributed by atoms with Crippen LogP contribution in [0.5, 0.6) is 0 Å². The molecule has 6 nitrogen and oxygen atoms in total. The van der Waals surface area contributed by atoms with E-state index in [1.54, 1.807) is 0 Å². The summed E-state index contributed by atoms with van der Waals surface area (Å²) >= 11 is 0. The third-order valence-corrected chi connectivity index (χ3v) is 28.1. The van der Waals surface area contributed by atoms with E-state index in [0.29, 0.717) is 0 Å². The van der Waals surface area contributed by atoms with Crippen molar-refractivity contribution in [3.63, 3.8) is 0 Å². The summed E-state index contributed by atoms with van der Waals surface area (Å²) in [5.74, 6) is 0. The zero-order chi connectivity index (χ0) is 89.7. The molecule has 14 aromatic carbocycles. The highest BCUT2D eigenvalue weighted by atomic mass is 16.3. The number of anilines is 6. The van der Waals surface area contributed by atoms with Crippen molar-refractivity contribution in [2.24, 2.45) is 0 Å². The van der Waals surface area contributed by atoms with Crippen LogP contribution < -0.4 is 26.2 Å². The number of nitrogens with zero attached hydrogens (tertiary/aromatic N) is 4. The van der Waals surface area contributed by atoms with Gasteiger partial charge in [-0.2, -0.15) is 0 Å². The molecule has 0 spiro atoms. The lowest BCUT2D eigenvalue weighted by molar-refractivity contribution is 0.568. The Labute approximate surface area is 752 Å². The summed E-state index contributed by atoms with van der Waals surface area (Å²) in [7, 11) is 0. The fraction of sp³-hybridized carbons (Fsp3) is 0.300. The highest BCUT2D eigenvalue weighted by Gasteiger charge is 2.46. The van der Waals surface area contributed by atoms with Gasteiger partial charge >= 0.3 is 0 Å². The van der Waals surface area contributed by atoms with Crippen LogP contribution >= 0.6 is 0 Å². The molecule has 18 aromatic rings. The Morgan fingerprint density at radius 1 is 0.189 bits per heavy atom. The largest absolute Gasteiger partial charge is 0.452 e. The molecule has 0 unspecified atom stereocenters. The molecule has 4 aromatic heterocycles. The molecule has 127 heavy (non-hydrogen) atoms. The predicted molar refractivity (Wildman–Crippen MR) is 548 cm³/mol. The number of hydrogen-bond acceptors (Lipinski definition) is 4. The van der Waals surface area contributed by atoms with Crippen molar-refractivity contribution in [1.82, 2.24) is 9.13 Å². The van der Waals surface area contributed by atoms with Crippen molar-refractivity contribution in [2.75, 3.05) is 9.80 Å². The minimum Gasteiger partial charge on any atom is -0.452 e. The molecular weight excluding hydrogens is 1540 g/mol. The highest BCUT2D eigenvalue weighted by Crippen LogP contribution is 2.54. The number of fused-ring (bicyclic) bond motifs is 16. The summed E-state index contributed by atoms with van der Waals surface area (Å²) in [5, 5.41) is 9.14. The average molecular weight is 1660 g/mol. The number of para-hydroxylation sites is 4. The third-order valence-electron chi connectivity index (χ3n) is 28.1. The lowest BCUT2D eigenvalue weighted by Crippen LogP contribution is -2.61. The maximum absolute atomic E-state index is 8.07. The van der Waals surface area contributed by atoms with E-state index in [-0.39, 0.29) is 55.4 Å². The Bertz CT molecular complexity index is 7420. The van der Waals surface area contributed by atoms with Gasteiger partial charge in [0.25, 0.3) is 6.71 Å². The number of rotatable bonds is 7. The van der Waals surface area contributed by atoms with Gasteiger partial charge in [-0.3, -0.25) is 0 Å². The molecule has 0 saturated heterocycles. The molecule has 0 fully saturated rings. The van der Waals surface area contributed by atoms with Crippen LogP contribution in [-0.4, -0.2) is 15.8 Å². The molecular formula is C120H123BN4O2. The van der Waals surface area contributed by atoms with Crippen molar-refractivity contribution < 1.29 is 8.83 Å². The van der Waals surface area contributed by atoms with Crippen LogP contribution in [0.2, 0.25) is 0 Å². The second-order valence-corrected chi connectivity index (χ2v) is 46.4. The highest BCUT2D eigenvalue weighted by molar-refractivity contribution is 7.00.